The normalized spacial score (nSPS) is 25.1. The molecule has 1 aliphatic rings. The van der Waals surface area contributed by atoms with Crippen LogP contribution >= 0.6 is 11.6 Å². The number of ether oxygens (including phenoxy) is 1. The number of hydrogen-bond donors (Lipinski definition) is 0. The van der Waals surface area contributed by atoms with E-state index in [4.69, 9.17) is 16.3 Å². The van der Waals surface area contributed by atoms with E-state index in [9.17, 15) is 9.59 Å². The monoisotopic (exact) mass is 276 g/mol. The molecule has 3 nitrogen and oxygen atoms in total. The van der Waals surface area contributed by atoms with Crippen molar-refractivity contribution in [3.05, 3.63) is 60.2 Å². The summed E-state index contributed by atoms with van der Waals surface area (Å²) < 4.78 is 4.95. The van der Waals surface area contributed by atoms with Gasteiger partial charge in [0, 0.05) is 12.5 Å². The van der Waals surface area contributed by atoms with Crippen molar-refractivity contribution in [1.82, 2.24) is 0 Å². The van der Waals surface area contributed by atoms with E-state index in [1.807, 2.05) is 18.2 Å². The largest absolute Gasteiger partial charge is 0.436 e. The summed E-state index contributed by atoms with van der Waals surface area (Å²) in [6.45, 7) is 1.28. The Morgan fingerprint density at radius 1 is 1.16 bits per heavy atom. The molecule has 0 N–H and O–H groups in total. The van der Waals surface area contributed by atoms with Gasteiger partial charge in [0.15, 0.2) is 5.78 Å². The third-order valence-corrected chi connectivity index (χ3v) is 3.05. The molecule has 0 saturated carbocycles. The lowest BCUT2D eigenvalue weighted by Crippen LogP contribution is -2.26. The van der Waals surface area contributed by atoms with Gasteiger partial charge in [0.2, 0.25) is 5.06 Å². The van der Waals surface area contributed by atoms with Gasteiger partial charge in [-0.15, -0.1) is 0 Å². The minimum atomic E-state index is -1.28. The molecule has 0 heterocycles. The molecule has 0 unspecified atom stereocenters. The SMILES string of the molecule is CC(=O)OC1(Cl)C=CC(C(=O)c2ccccc2)C=C1. The fourth-order valence-corrected chi connectivity index (χ4v) is 2.10. The number of carbonyl (C=O) groups is 2. The average Bonchev–Trinajstić information content (AvgIpc) is 2.38. The van der Waals surface area contributed by atoms with Crippen LogP contribution in [0, 0.1) is 5.92 Å². The van der Waals surface area contributed by atoms with Crippen molar-refractivity contribution in [2.45, 2.75) is 12.0 Å². The van der Waals surface area contributed by atoms with Gasteiger partial charge in [-0.2, -0.15) is 0 Å². The van der Waals surface area contributed by atoms with Gasteiger partial charge >= 0.3 is 5.97 Å². The fraction of sp³-hybridized carbons (Fsp3) is 0.200. The zero-order valence-electron chi connectivity index (χ0n) is 10.4. The Morgan fingerprint density at radius 3 is 2.26 bits per heavy atom. The zero-order valence-corrected chi connectivity index (χ0v) is 11.1. The lowest BCUT2D eigenvalue weighted by Gasteiger charge is -2.23. The number of esters is 1. The number of Topliss-reactive ketones (excluding diaryl/α,β-unsaturated/α-hetero) is 1. The Kier molecular flexibility index (Phi) is 3.86. The predicted octanol–water partition coefficient (Wildman–Crippen LogP) is 3.11. The lowest BCUT2D eigenvalue weighted by atomic mass is 9.93. The molecule has 4 heteroatoms. The van der Waals surface area contributed by atoms with Crippen molar-refractivity contribution < 1.29 is 14.3 Å². The number of allylic oxidation sites excluding steroid dienone is 2. The average molecular weight is 277 g/mol. The summed E-state index contributed by atoms with van der Waals surface area (Å²) in [7, 11) is 0. The van der Waals surface area contributed by atoms with Crippen molar-refractivity contribution in [2.75, 3.05) is 0 Å². The maximum absolute atomic E-state index is 12.2. The van der Waals surface area contributed by atoms with Crippen LogP contribution in [0.1, 0.15) is 17.3 Å². The maximum atomic E-state index is 12.2. The van der Waals surface area contributed by atoms with Crippen LogP contribution < -0.4 is 0 Å². The molecule has 1 aliphatic carbocycles. The van der Waals surface area contributed by atoms with Crippen molar-refractivity contribution in [3.63, 3.8) is 0 Å². The number of alkyl halides is 1. The molecule has 0 fully saturated rings. The summed E-state index contributed by atoms with van der Waals surface area (Å²) in [5.74, 6) is -0.878. The summed E-state index contributed by atoms with van der Waals surface area (Å²) in [6, 6.07) is 9.01. The van der Waals surface area contributed by atoms with Crippen LogP contribution in [0.2, 0.25) is 0 Å². The van der Waals surface area contributed by atoms with Gasteiger partial charge in [-0.1, -0.05) is 54.1 Å². The van der Waals surface area contributed by atoms with Crippen molar-refractivity contribution in [2.24, 2.45) is 5.92 Å². The minimum absolute atomic E-state index is 0.0189. The van der Waals surface area contributed by atoms with Crippen molar-refractivity contribution in [3.8, 4) is 0 Å². The number of benzene rings is 1. The molecule has 1 aromatic rings. The van der Waals surface area contributed by atoms with Gasteiger partial charge in [0.1, 0.15) is 0 Å². The highest BCUT2D eigenvalue weighted by Gasteiger charge is 2.29. The van der Waals surface area contributed by atoms with Crippen LogP contribution in [0.3, 0.4) is 0 Å². The molecule has 0 amide bonds. The van der Waals surface area contributed by atoms with Crippen molar-refractivity contribution in [1.29, 1.82) is 0 Å². The van der Waals surface area contributed by atoms with Gasteiger partial charge in [0.05, 0.1) is 5.92 Å². The van der Waals surface area contributed by atoms with Crippen LogP contribution in [-0.4, -0.2) is 16.8 Å². The predicted molar refractivity (Wildman–Crippen MR) is 72.9 cm³/mol. The molecule has 0 saturated heterocycles. The smallest absolute Gasteiger partial charge is 0.304 e. The molecule has 98 valence electrons. The van der Waals surface area contributed by atoms with E-state index >= 15 is 0 Å². The van der Waals surface area contributed by atoms with E-state index in [0.717, 1.165) is 0 Å². The Labute approximate surface area is 116 Å². The number of rotatable bonds is 3. The molecule has 1 aromatic carbocycles. The molecule has 0 aromatic heterocycles. The Morgan fingerprint density at radius 2 is 1.74 bits per heavy atom. The quantitative estimate of drug-likeness (QED) is 0.369. The Hall–Kier alpha value is -1.87. The van der Waals surface area contributed by atoms with Gasteiger partial charge < -0.3 is 4.74 Å². The first-order valence-electron chi connectivity index (χ1n) is 5.87. The second-order valence-corrected chi connectivity index (χ2v) is 4.86. The van der Waals surface area contributed by atoms with Crippen LogP contribution in [0.25, 0.3) is 0 Å². The first-order valence-corrected chi connectivity index (χ1v) is 6.24. The number of hydrogen-bond acceptors (Lipinski definition) is 3. The summed E-state index contributed by atoms with van der Waals surface area (Å²) >= 11 is 6.06. The van der Waals surface area contributed by atoms with E-state index in [-0.39, 0.29) is 11.7 Å². The van der Waals surface area contributed by atoms with Gasteiger partial charge in [-0.3, -0.25) is 9.59 Å². The van der Waals surface area contributed by atoms with Gasteiger partial charge in [0.25, 0.3) is 0 Å². The van der Waals surface area contributed by atoms with Crippen molar-refractivity contribution >= 4 is 23.4 Å². The first kappa shape index (κ1) is 13.6. The third-order valence-electron chi connectivity index (χ3n) is 2.72. The van der Waals surface area contributed by atoms with E-state index in [0.29, 0.717) is 5.56 Å². The number of halogens is 1. The molecule has 2 rings (SSSR count). The minimum Gasteiger partial charge on any atom is -0.436 e. The first-order chi connectivity index (χ1) is 9.00. The molecule has 19 heavy (non-hydrogen) atoms. The summed E-state index contributed by atoms with van der Waals surface area (Å²) in [6.07, 6.45) is 6.32. The third kappa shape index (κ3) is 3.32. The Bertz CT molecular complexity index is 532. The maximum Gasteiger partial charge on any atom is 0.304 e. The van der Waals surface area contributed by atoms with Crippen LogP contribution in [0.4, 0.5) is 0 Å². The van der Waals surface area contributed by atoms with Crippen LogP contribution in [0.15, 0.2) is 54.6 Å². The second-order valence-electron chi connectivity index (χ2n) is 4.27. The summed E-state index contributed by atoms with van der Waals surface area (Å²) in [4.78, 5) is 23.1. The molecule has 0 atom stereocenters. The lowest BCUT2D eigenvalue weighted by molar-refractivity contribution is -0.144. The number of carbonyl (C=O) groups excluding carboxylic acids is 2. The fourth-order valence-electron chi connectivity index (χ4n) is 1.85. The van der Waals surface area contributed by atoms with E-state index < -0.39 is 11.0 Å². The second kappa shape index (κ2) is 5.41. The molecular formula is C15H13ClO3. The molecular weight excluding hydrogens is 264 g/mol. The van der Waals surface area contributed by atoms with Crippen LogP contribution in [0.5, 0.6) is 0 Å². The molecule has 0 radical (unpaired) electrons. The highest BCUT2D eigenvalue weighted by atomic mass is 35.5. The van der Waals surface area contributed by atoms with Gasteiger partial charge in [-0.05, 0) is 12.2 Å². The highest BCUT2D eigenvalue weighted by Crippen LogP contribution is 2.28. The zero-order chi connectivity index (χ0) is 13.9. The van der Waals surface area contributed by atoms with E-state index in [1.54, 1.807) is 24.3 Å². The Balaban J connectivity index is 2.11. The molecule has 0 bridgehead atoms. The molecule has 0 spiro atoms. The molecule has 0 aliphatic heterocycles. The van der Waals surface area contributed by atoms with E-state index in [1.165, 1.54) is 19.1 Å². The highest BCUT2D eigenvalue weighted by molar-refractivity contribution is 6.26. The standard InChI is InChI=1S/C15H13ClO3/c1-11(17)19-15(16)9-7-13(8-10-15)14(18)12-5-3-2-4-6-12/h2-10,13H,1H3. The number of ketones is 1. The summed E-state index contributed by atoms with van der Waals surface area (Å²) in [5.41, 5.74) is 0.636. The van der Waals surface area contributed by atoms with E-state index in [2.05, 4.69) is 0 Å². The summed E-state index contributed by atoms with van der Waals surface area (Å²) in [5, 5.41) is -1.28. The van der Waals surface area contributed by atoms with Crippen LogP contribution in [-0.2, 0) is 9.53 Å². The van der Waals surface area contributed by atoms with Gasteiger partial charge in [-0.25, -0.2) is 0 Å². The topological polar surface area (TPSA) is 43.4 Å².